The summed E-state index contributed by atoms with van der Waals surface area (Å²) >= 11 is 0. The molecule has 1 aromatic carbocycles. The second-order valence-corrected chi connectivity index (χ2v) is 5.73. The maximum absolute atomic E-state index is 6.09. The Morgan fingerprint density at radius 2 is 1.90 bits per heavy atom. The first-order chi connectivity index (χ1) is 9.58. The number of guanidine groups is 1. The van der Waals surface area contributed by atoms with Crippen molar-refractivity contribution in [3.8, 4) is 0 Å². The van der Waals surface area contributed by atoms with Crippen LogP contribution in [0.1, 0.15) is 30.4 Å². The van der Waals surface area contributed by atoms with E-state index in [1.807, 2.05) is 0 Å². The van der Waals surface area contributed by atoms with Crippen molar-refractivity contribution in [2.45, 2.75) is 32.7 Å². The van der Waals surface area contributed by atoms with Gasteiger partial charge in [-0.15, -0.1) is 24.0 Å². The largest absolute Gasteiger partial charge is 0.378 e. The molecule has 2 rings (SSSR count). The van der Waals surface area contributed by atoms with Crippen LogP contribution >= 0.6 is 24.0 Å². The molecule has 0 spiro atoms. The molecular weight excluding hydrogens is 375 g/mol. The summed E-state index contributed by atoms with van der Waals surface area (Å²) < 4.78 is 0. The standard InChI is InChI=1S/C16H26N4.HI/c1-13-11-15(19(2)3)8-7-14(13)12-18-16(17)20-9-5-4-6-10-20;/h7-8,11H,4-6,9-10,12H2,1-3H3,(H2,17,18);1H. The minimum Gasteiger partial charge on any atom is -0.378 e. The zero-order valence-corrected chi connectivity index (χ0v) is 15.6. The number of anilines is 1. The number of hydrogen-bond acceptors (Lipinski definition) is 2. The molecule has 2 N–H and O–H groups in total. The highest BCUT2D eigenvalue weighted by atomic mass is 127. The summed E-state index contributed by atoms with van der Waals surface area (Å²) in [5.41, 5.74) is 9.83. The molecule has 1 aliphatic heterocycles. The lowest BCUT2D eigenvalue weighted by molar-refractivity contribution is 0.338. The van der Waals surface area contributed by atoms with E-state index in [0.717, 1.165) is 13.1 Å². The van der Waals surface area contributed by atoms with E-state index in [4.69, 9.17) is 5.73 Å². The van der Waals surface area contributed by atoms with E-state index in [0.29, 0.717) is 12.5 Å². The van der Waals surface area contributed by atoms with Gasteiger partial charge < -0.3 is 15.5 Å². The third-order valence-electron chi connectivity index (χ3n) is 3.93. The highest BCUT2D eigenvalue weighted by Gasteiger charge is 2.11. The maximum Gasteiger partial charge on any atom is 0.191 e. The summed E-state index contributed by atoms with van der Waals surface area (Å²) in [5, 5.41) is 0. The van der Waals surface area contributed by atoms with Crippen LogP contribution < -0.4 is 10.6 Å². The number of rotatable bonds is 3. The number of hydrogen-bond donors (Lipinski definition) is 1. The first kappa shape index (κ1) is 18.1. The Kier molecular flexibility index (Phi) is 7.28. The SMILES string of the molecule is Cc1cc(N(C)C)ccc1CN=C(N)N1CCCCC1.I. The van der Waals surface area contributed by atoms with Gasteiger partial charge in [-0.05, 0) is 49.4 Å². The normalized spacial score (nSPS) is 15.6. The van der Waals surface area contributed by atoms with Gasteiger partial charge in [0, 0.05) is 32.9 Å². The first-order valence-corrected chi connectivity index (χ1v) is 7.39. The predicted octanol–water partition coefficient (Wildman–Crippen LogP) is 2.98. The third kappa shape index (κ3) is 5.05. The molecule has 118 valence electrons. The summed E-state index contributed by atoms with van der Waals surface area (Å²) in [6, 6.07) is 6.48. The van der Waals surface area contributed by atoms with Gasteiger partial charge in [-0.3, -0.25) is 0 Å². The molecule has 0 atom stereocenters. The lowest BCUT2D eigenvalue weighted by atomic mass is 10.1. The number of benzene rings is 1. The van der Waals surface area contributed by atoms with E-state index >= 15 is 0 Å². The summed E-state index contributed by atoms with van der Waals surface area (Å²) in [4.78, 5) is 8.87. The molecule has 1 saturated heterocycles. The van der Waals surface area contributed by atoms with Crippen LogP contribution in [-0.4, -0.2) is 38.0 Å². The fraction of sp³-hybridized carbons (Fsp3) is 0.562. The summed E-state index contributed by atoms with van der Waals surface area (Å²) in [5.74, 6) is 0.695. The van der Waals surface area contributed by atoms with Crippen LogP contribution in [0.5, 0.6) is 0 Å². The molecule has 4 nitrogen and oxygen atoms in total. The van der Waals surface area contributed by atoms with Crippen molar-refractivity contribution in [3.05, 3.63) is 29.3 Å². The van der Waals surface area contributed by atoms with Crippen molar-refractivity contribution in [2.75, 3.05) is 32.1 Å². The Balaban J connectivity index is 0.00000220. The number of halogens is 1. The molecule has 1 aliphatic rings. The van der Waals surface area contributed by atoms with Crippen LogP contribution in [0.2, 0.25) is 0 Å². The summed E-state index contributed by atoms with van der Waals surface area (Å²) in [6.45, 7) is 4.90. The molecule has 5 heteroatoms. The quantitative estimate of drug-likeness (QED) is 0.481. The molecule has 0 bridgehead atoms. The van der Waals surface area contributed by atoms with Crippen molar-refractivity contribution in [1.29, 1.82) is 0 Å². The highest BCUT2D eigenvalue weighted by molar-refractivity contribution is 14.0. The lowest BCUT2D eigenvalue weighted by Crippen LogP contribution is -2.40. The number of nitrogens with zero attached hydrogens (tertiary/aromatic N) is 3. The number of aliphatic imine (C=N–C) groups is 1. The van der Waals surface area contributed by atoms with Gasteiger partial charge in [-0.2, -0.15) is 0 Å². The van der Waals surface area contributed by atoms with E-state index in [2.05, 4.69) is 54.0 Å². The molecule has 1 fully saturated rings. The van der Waals surface area contributed by atoms with E-state index < -0.39 is 0 Å². The van der Waals surface area contributed by atoms with Gasteiger partial charge in [0.05, 0.1) is 6.54 Å². The van der Waals surface area contributed by atoms with Gasteiger partial charge >= 0.3 is 0 Å². The Bertz CT molecular complexity index is 479. The average Bonchev–Trinajstić information content (AvgIpc) is 2.46. The Morgan fingerprint density at radius 3 is 2.48 bits per heavy atom. The molecule has 1 heterocycles. The molecular formula is C16H27IN4. The van der Waals surface area contributed by atoms with E-state index in [-0.39, 0.29) is 24.0 Å². The van der Waals surface area contributed by atoms with Crippen LogP contribution in [0, 0.1) is 6.92 Å². The second kappa shape index (κ2) is 8.46. The van der Waals surface area contributed by atoms with Crippen molar-refractivity contribution >= 4 is 35.6 Å². The second-order valence-electron chi connectivity index (χ2n) is 5.73. The van der Waals surface area contributed by atoms with Crippen LogP contribution in [0.3, 0.4) is 0 Å². The Labute approximate surface area is 145 Å². The maximum atomic E-state index is 6.09. The smallest absolute Gasteiger partial charge is 0.191 e. The Morgan fingerprint density at radius 1 is 1.24 bits per heavy atom. The Hall–Kier alpha value is -0.980. The van der Waals surface area contributed by atoms with Gasteiger partial charge in [0.15, 0.2) is 5.96 Å². The zero-order chi connectivity index (χ0) is 14.5. The van der Waals surface area contributed by atoms with Crippen molar-refractivity contribution < 1.29 is 0 Å². The van der Waals surface area contributed by atoms with Crippen LogP contribution in [0.15, 0.2) is 23.2 Å². The average molecular weight is 402 g/mol. The lowest BCUT2D eigenvalue weighted by Gasteiger charge is -2.27. The monoisotopic (exact) mass is 402 g/mol. The molecule has 0 aromatic heterocycles. The number of nitrogens with two attached hydrogens (primary N) is 1. The fourth-order valence-corrected chi connectivity index (χ4v) is 2.52. The van der Waals surface area contributed by atoms with Crippen molar-refractivity contribution in [2.24, 2.45) is 10.7 Å². The minimum atomic E-state index is 0. The molecule has 0 saturated carbocycles. The van der Waals surface area contributed by atoms with Crippen molar-refractivity contribution in [1.82, 2.24) is 4.90 Å². The molecule has 0 unspecified atom stereocenters. The summed E-state index contributed by atoms with van der Waals surface area (Å²) in [7, 11) is 4.11. The van der Waals surface area contributed by atoms with Gasteiger partial charge in [-0.25, -0.2) is 4.99 Å². The molecule has 21 heavy (non-hydrogen) atoms. The molecule has 0 radical (unpaired) electrons. The van der Waals surface area contributed by atoms with E-state index in [1.165, 1.54) is 36.1 Å². The third-order valence-corrected chi connectivity index (χ3v) is 3.93. The van der Waals surface area contributed by atoms with E-state index in [1.54, 1.807) is 0 Å². The number of aryl methyl sites for hydroxylation is 1. The van der Waals surface area contributed by atoms with Gasteiger partial charge in [-0.1, -0.05) is 6.07 Å². The minimum absolute atomic E-state index is 0. The van der Waals surface area contributed by atoms with E-state index in [9.17, 15) is 0 Å². The summed E-state index contributed by atoms with van der Waals surface area (Å²) in [6.07, 6.45) is 3.77. The van der Waals surface area contributed by atoms with Crippen molar-refractivity contribution in [3.63, 3.8) is 0 Å². The molecule has 0 aliphatic carbocycles. The fourth-order valence-electron chi connectivity index (χ4n) is 2.52. The van der Waals surface area contributed by atoms with Crippen LogP contribution in [0.4, 0.5) is 5.69 Å². The predicted molar refractivity (Wildman–Crippen MR) is 102 cm³/mol. The molecule has 1 aromatic rings. The topological polar surface area (TPSA) is 44.9 Å². The number of likely N-dealkylation sites (tertiary alicyclic amines) is 1. The van der Waals surface area contributed by atoms with Gasteiger partial charge in [0.2, 0.25) is 0 Å². The van der Waals surface area contributed by atoms with Crippen LogP contribution in [0.25, 0.3) is 0 Å². The van der Waals surface area contributed by atoms with Gasteiger partial charge in [0.1, 0.15) is 0 Å². The van der Waals surface area contributed by atoms with Crippen LogP contribution in [-0.2, 0) is 6.54 Å². The zero-order valence-electron chi connectivity index (χ0n) is 13.3. The number of piperidine rings is 1. The first-order valence-electron chi connectivity index (χ1n) is 7.39. The van der Waals surface area contributed by atoms with Gasteiger partial charge in [0.25, 0.3) is 0 Å². The highest BCUT2D eigenvalue weighted by Crippen LogP contribution is 2.18. The molecule has 0 amide bonds.